The lowest BCUT2D eigenvalue weighted by molar-refractivity contribution is -0.134. The molecule has 3 aliphatic carbocycles. The number of imidazole rings is 1. The number of carbonyl (C=O) groups excluding carboxylic acids is 1. The highest BCUT2D eigenvalue weighted by molar-refractivity contribution is 5.76. The molecular weight excluding hydrogens is 450 g/mol. The monoisotopic (exact) mass is 481 g/mol. The average molecular weight is 482 g/mol. The van der Waals surface area contributed by atoms with E-state index in [0.29, 0.717) is 30.0 Å². The SMILES string of the molecule is N[C@H](c1cn2ccc([C@H](NC(=O)CC3CC(F)(F)C3)C3CCC3)nc2n1)C1CCC(F)(F)CC1. The second-order valence-corrected chi connectivity index (χ2v) is 10.5. The second-order valence-electron chi connectivity index (χ2n) is 10.5. The maximum Gasteiger partial charge on any atom is 0.248 e. The highest BCUT2D eigenvalue weighted by atomic mass is 19.3. The van der Waals surface area contributed by atoms with Crippen molar-refractivity contribution in [3.8, 4) is 0 Å². The number of rotatable bonds is 7. The third-order valence-corrected chi connectivity index (χ3v) is 7.88. The van der Waals surface area contributed by atoms with Crippen LogP contribution in [0.15, 0.2) is 18.5 Å². The number of fused-ring (bicyclic) bond motifs is 1. The smallest absolute Gasteiger partial charge is 0.248 e. The second kappa shape index (κ2) is 8.77. The fourth-order valence-electron chi connectivity index (χ4n) is 5.53. The van der Waals surface area contributed by atoms with Crippen LogP contribution in [-0.2, 0) is 4.79 Å². The number of carbonyl (C=O) groups is 1. The summed E-state index contributed by atoms with van der Waals surface area (Å²) >= 11 is 0. The molecule has 0 aromatic carbocycles. The number of amides is 1. The van der Waals surface area contributed by atoms with Crippen LogP contribution >= 0.6 is 0 Å². The van der Waals surface area contributed by atoms with Gasteiger partial charge in [0.05, 0.1) is 23.5 Å². The van der Waals surface area contributed by atoms with Crippen molar-refractivity contribution < 1.29 is 22.4 Å². The summed E-state index contributed by atoms with van der Waals surface area (Å²) in [7, 11) is 0. The third kappa shape index (κ3) is 4.92. The summed E-state index contributed by atoms with van der Waals surface area (Å²) in [4.78, 5) is 21.8. The van der Waals surface area contributed by atoms with E-state index in [-0.39, 0.29) is 61.8 Å². The van der Waals surface area contributed by atoms with Crippen molar-refractivity contribution >= 4 is 11.7 Å². The molecule has 2 atom stereocenters. The Hall–Kier alpha value is -2.23. The Balaban J connectivity index is 1.29. The van der Waals surface area contributed by atoms with Crippen LogP contribution < -0.4 is 11.1 Å². The molecule has 3 N–H and O–H groups in total. The van der Waals surface area contributed by atoms with Crippen molar-refractivity contribution in [2.45, 2.75) is 88.1 Å². The largest absolute Gasteiger partial charge is 0.347 e. The fourth-order valence-corrected chi connectivity index (χ4v) is 5.53. The highest BCUT2D eigenvalue weighted by Gasteiger charge is 2.46. The first-order valence-electron chi connectivity index (χ1n) is 12.2. The van der Waals surface area contributed by atoms with Gasteiger partial charge in [0.1, 0.15) is 0 Å². The van der Waals surface area contributed by atoms with Crippen molar-refractivity contribution in [2.24, 2.45) is 23.5 Å². The molecule has 3 fully saturated rings. The zero-order valence-electron chi connectivity index (χ0n) is 19.0. The molecule has 0 spiro atoms. The Morgan fingerprint density at radius 2 is 1.74 bits per heavy atom. The first kappa shape index (κ1) is 23.5. The lowest BCUT2D eigenvalue weighted by Gasteiger charge is -2.36. The van der Waals surface area contributed by atoms with Gasteiger partial charge in [-0.05, 0) is 49.5 Å². The van der Waals surface area contributed by atoms with E-state index in [4.69, 9.17) is 5.73 Å². The molecule has 2 heterocycles. The maximum absolute atomic E-state index is 13.5. The third-order valence-electron chi connectivity index (χ3n) is 7.88. The normalized spacial score (nSPS) is 24.9. The first-order chi connectivity index (χ1) is 16.1. The molecule has 186 valence electrons. The highest BCUT2D eigenvalue weighted by Crippen LogP contribution is 2.44. The van der Waals surface area contributed by atoms with E-state index in [2.05, 4.69) is 15.3 Å². The molecule has 2 aromatic heterocycles. The minimum absolute atomic E-state index is 0.0510. The number of nitrogens with two attached hydrogens (primary N) is 1. The number of nitrogens with one attached hydrogen (secondary N) is 1. The number of halogens is 4. The molecule has 0 bridgehead atoms. The summed E-state index contributed by atoms with van der Waals surface area (Å²) in [6, 6.07) is 1.11. The van der Waals surface area contributed by atoms with Crippen LogP contribution in [0, 0.1) is 17.8 Å². The zero-order chi connectivity index (χ0) is 24.1. The van der Waals surface area contributed by atoms with Crippen LogP contribution in [-0.4, -0.2) is 32.1 Å². The van der Waals surface area contributed by atoms with Crippen molar-refractivity contribution in [1.82, 2.24) is 19.7 Å². The maximum atomic E-state index is 13.5. The van der Waals surface area contributed by atoms with E-state index < -0.39 is 17.9 Å². The molecule has 6 nitrogen and oxygen atoms in total. The van der Waals surface area contributed by atoms with Gasteiger partial charge in [-0.25, -0.2) is 27.5 Å². The van der Waals surface area contributed by atoms with Gasteiger partial charge in [-0.2, -0.15) is 0 Å². The van der Waals surface area contributed by atoms with E-state index in [1.54, 1.807) is 10.6 Å². The molecular formula is C24H31F4N5O. The predicted molar refractivity (Wildman–Crippen MR) is 117 cm³/mol. The topological polar surface area (TPSA) is 85.3 Å². The number of hydrogen-bond acceptors (Lipinski definition) is 4. The number of aromatic nitrogens is 3. The van der Waals surface area contributed by atoms with Crippen LogP contribution in [0.2, 0.25) is 0 Å². The minimum Gasteiger partial charge on any atom is -0.347 e. The molecule has 3 saturated carbocycles. The summed E-state index contributed by atoms with van der Waals surface area (Å²) < 4.78 is 55.0. The van der Waals surface area contributed by atoms with Crippen LogP contribution in [0.1, 0.15) is 87.7 Å². The zero-order valence-corrected chi connectivity index (χ0v) is 19.0. The number of alkyl halides is 4. The molecule has 34 heavy (non-hydrogen) atoms. The van der Waals surface area contributed by atoms with Gasteiger partial charge in [-0.1, -0.05) is 6.42 Å². The number of nitrogens with zero attached hydrogens (tertiary/aromatic N) is 3. The van der Waals surface area contributed by atoms with Gasteiger partial charge in [0, 0.05) is 44.5 Å². The fraction of sp³-hybridized carbons (Fsp3) is 0.708. The van der Waals surface area contributed by atoms with Crippen molar-refractivity contribution in [1.29, 1.82) is 0 Å². The van der Waals surface area contributed by atoms with Gasteiger partial charge in [0.15, 0.2) is 0 Å². The van der Waals surface area contributed by atoms with Gasteiger partial charge in [0.2, 0.25) is 23.5 Å². The molecule has 0 aliphatic heterocycles. The van der Waals surface area contributed by atoms with Crippen LogP contribution in [0.25, 0.3) is 5.78 Å². The standard InChI is InChI=1S/C24H31F4N5O/c25-23(26)7-4-15(5-8-23)20(29)18-13-33-9-6-17(30-22(33)31-18)21(16-2-1-3-16)32-19(34)10-14-11-24(27,28)12-14/h6,9,13-16,20-21H,1-5,7-8,10-12,29H2,(H,32,34)/t20-,21+/m0/s1. The Bertz CT molecular complexity index is 1040. The van der Waals surface area contributed by atoms with Gasteiger partial charge < -0.3 is 11.1 Å². The summed E-state index contributed by atoms with van der Waals surface area (Å²) in [6.45, 7) is 0. The predicted octanol–water partition coefficient (Wildman–Crippen LogP) is 4.95. The first-order valence-corrected chi connectivity index (χ1v) is 12.2. The summed E-state index contributed by atoms with van der Waals surface area (Å²) in [5, 5.41) is 3.04. The molecule has 3 aliphatic rings. The van der Waals surface area contributed by atoms with E-state index in [0.717, 1.165) is 19.3 Å². The van der Waals surface area contributed by atoms with Crippen molar-refractivity contribution in [3.63, 3.8) is 0 Å². The quantitative estimate of drug-likeness (QED) is 0.548. The lowest BCUT2D eigenvalue weighted by atomic mass is 9.77. The molecule has 5 rings (SSSR count). The minimum atomic E-state index is -2.64. The van der Waals surface area contributed by atoms with Gasteiger partial charge in [0.25, 0.3) is 0 Å². The van der Waals surface area contributed by atoms with Gasteiger partial charge >= 0.3 is 0 Å². The van der Waals surface area contributed by atoms with E-state index in [1.165, 1.54) is 0 Å². The van der Waals surface area contributed by atoms with Crippen LogP contribution in [0.4, 0.5) is 17.6 Å². The summed E-state index contributed by atoms with van der Waals surface area (Å²) in [6.07, 6.45) is 6.70. The number of hydrogen-bond donors (Lipinski definition) is 2. The van der Waals surface area contributed by atoms with Gasteiger partial charge in [-0.3, -0.25) is 9.20 Å². The van der Waals surface area contributed by atoms with Crippen molar-refractivity contribution in [2.75, 3.05) is 0 Å². The van der Waals surface area contributed by atoms with Crippen LogP contribution in [0.5, 0.6) is 0 Å². The molecule has 0 radical (unpaired) electrons. The molecule has 10 heteroatoms. The average Bonchev–Trinajstić information content (AvgIpc) is 3.13. The van der Waals surface area contributed by atoms with E-state index in [1.807, 2.05) is 12.3 Å². The molecule has 0 saturated heterocycles. The molecule has 0 unspecified atom stereocenters. The Kier molecular flexibility index (Phi) is 6.06. The summed E-state index contributed by atoms with van der Waals surface area (Å²) in [5.41, 5.74) is 7.70. The van der Waals surface area contributed by atoms with Crippen molar-refractivity contribution in [3.05, 3.63) is 29.8 Å². The van der Waals surface area contributed by atoms with E-state index >= 15 is 0 Å². The Labute approximate surface area is 195 Å². The van der Waals surface area contributed by atoms with Crippen LogP contribution in [0.3, 0.4) is 0 Å². The molecule has 1 amide bonds. The Morgan fingerprint density at radius 1 is 1.06 bits per heavy atom. The Morgan fingerprint density at radius 3 is 2.35 bits per heavy atom. The van der Waals surface area contributed by atoms with Gasteiger partial charge in [-0.15, -0.1) is 0 Å². The molecule has 2 aromatic rings. The lowest BCUT2D eigenvalue weighted by Crippen LogP contribution is -2.41. The summed E-state index contributed by atoms with van der Waals surface area (Å²) in [5.74, 6) is -5.09. The van der Waals surface area contributed by atoms with E-state index in [9.17, 15) is 22.4 Å².